The monoisotopic (exact) mass is 313 g/mol. The fourth-order valence-electron chi connectivity index (χ4n) is 1.29. The second kappa shape index (κ2) is 6.53. The van der Waals surface area contributed by atoms with E-state index >= 15 is 0 Å². The summed E-state index contributed by atoms with van der Waals surface area (Å²) in [5.74, 6) is 1.96. The van der Waals surface area contributed by atoms with E-state index in [2.05, 4.69) is 39.3 Å². The zero-order valence-electron chi connectivity index (χ0n) is 11.2. The van der Waals surface area contributed by atoms with E-state index in [9.17, 15) is 0 Å². The number of aromatic nitrogens is 4. The Morgan fingerprint density at radius 1 is 1.21 bits per heavy atom. The minimum absolute atomic E-state index is 0.295. The van der Waals surface area contributed by atoms with Crippen LogP contribution in [0.4, 0.5) is 5.82 Å². The SMILES string of the molecule is CNc1cc(Sc2nnc(SC)s2)nc(C(C)C)n1. The van der Waals surface area contributed by atoms with Crippen LogP contribution in [0.15, 0.2) is 19.8 Å². The number of nitrogens with zero attached hydrogens (tertiary/aromatic N) is 4. The van der Waals surface area contributed by atoms with Crippen LogP contribution in [0.1, 0.15) is 25.6 Å². The van der Waals surface area contributed by atoms with Gasteiger partial charge >= 0.3 is 0 Å². The van der Waals surface area contributed by atoms with E-state index < -0.39 is 0 Å². The first-order valence-electron chi connectivity index (χ1n) is 5.74. The second-order valence-electron chi connectivity index (χ2n) is 3.99. The number of nitrogens with one attached hydrogen (secondary N) is 1. The number of rotatable bonds is 5. The first-order valence-corrected chi connectivity index (χ1v) is 8.60. The van der Waals surface area contributed by atoms with Gasteiger partial charge in [-0.3, -0.25) is 0 Å². The molecule has 0 atom stereocenters. The first-order chi connectivity index (χ1) is 9.12. The molecule has 0 bridgehead atoms. The molecule has 2 aromatic heterocycles. The molecule has 2 rings (SSSR count). The lowest BCUT2D eigenvalue weighted by molar-refractivity contribution is 0.755. The molecule has 0 fully saturated rings. The van der Waals surface area contributed by atoms with Crippen LogP contribution in [-0.2, 0) is 0 Å². The molecule has 2 aromatic rings. The lowest BCUT2D eigenvalue weighted by atomic mass is 10.2. The van der Waals surface area contributed by atoms with Crippen molar-refractivity contribution in [2.75, 3.05) is 18.6 Å². The van der Waals surface area contributed by atoms with E-state index in [1.165, 1.54) is 11.8 Å². The molecule has 0 aromatic carbocycles. The predicted molar refractivity (Wildman–Crippen MR) is 81.5 cm³/mol. The maximum Gasteiger partial charge on any atom is 0.181 e. The third-order valence-electron chi connectivity index (χ3n) is 2.25. The van der Waals surface area contributed by atoms with Gasteiger partial charge in [0.2, 0.25) is 0 Å². The summed E-state index contributed by atoms with van der Waals surface area (Å²) in [5, 5.41) is 12.2. The molecule has 0 aliphatic rings. The minimum Gasteiger partial charge on any atom is -0.373 e. The van der Waals surface area contributed by atoms with Crippen LogP contribution in [0.25, 0.3) is 0 Å². The molecule has 102 valence electrons. The lowest BCUT2D eigenvalue weighted by Gasteiger charge is -2.08. The molecule has 0 saturated carbocycles. The van der Waals surface area contributed by atoms with Crippen LogP contribution in [0.2, 0.25) is 0 Å². The standard InChI is InChI=1S/C11H15N5S3/c1-6(2)9-13-7(12-3)5-8(14-9)18-11-16-15-10(17-4)19-11/h5-6H,1-4H3,(H,12,13,14). The summed E-state index contributed by atoms with van der Waals surface area (Å²) in [6.45, 7) is 4.17. The highest BCUT2D eigenvalue weighted by atomic mass is 32.2. The summed E-state index contributed by atoms with van der Waals surface area (Å²) in [6, 6.07) is 1.93. The van der Waals surface area contributed by atoms with Crippen LogP contribution in [-0.4, -0.2) is 33.5 Å². The van der Waals surface area contributed by atoms with Gasteiger partial charge in [0.25, 0.3) is 0 Å². The molecule has 0 radical (unpaired) electrons. The number of hydrogen-bond donors (Lipinski definition) is 1. The summed E-state index contributed by atoms with van der Waals surface area (Å²) in [4.78, 5) is 9.00. The molecule has 1 N–H and O–H groups in total. The van der Waals surface area contributed by atoms with Crippen molar-refractivity contribution in [3.05, 3.63) is 11.9 Å². The van der Waals surface area contributed by atoms with Crippen LogP contribution < -0.4 is 5.32 Å². The third-order valence-corrected chi connectivity index (χ3v) is 5.11. The molecular weight excluding hydrogens is 298 g/mol. The molecule has 0 unspecified atom stereocenters. The van der Waals surface area contributed by atoms with Gasteiger partial charge in [-0.15, -0.1) is 10.2 Å². The van der Waals surface area contributed by atoms with Gasteiger partial charge in [-0.25, -0.2) is 9.97 Å². The maximum atomic E-state index is 4.56. The van der Waals surface area contributed by atoms with E-state index in [0.717, 1.165) is 25.3 Å². The van der Waals surface area contributed by atoms with E-state index in [1.54, 1.807) is 23.1 Å². The highest BCUT2D eigenvalue weighted by Gasteiger charge is 2.11. The maximum absolute atomic E-state index is 4.56. The van der Waals surface area contributed by atoms with Crippen molar-refractivity contribution >= 4 is 40.7 Å². The Bertz CT molecular complexity index is 555. The number of anilines is 1. The average molecular weight is 313 g/mol. The topological polar surface area (TPSA) is 63.6 Å². The molecule has 0 aliphatic carbocycles. The number of thioether (sulfide) groups is 1. The van der Waals surface area contributed by atoms with Crippen LogP contribution in [0.3, 0.4) is 0 Å². The zero-order chi connectivity index (χ0) is 13.8. The summed E-state index contributed by atoms with van der Waals surface area (Å²) in [6.07, 6.45) is 2.00. The third kappa shape index (κ3) is 3.80. The molecule has 0 aliphatic heterocycles. The molecule has 8 heteroatoms. The van der Waals surface area contributed by atoms with Gasteiger partial charge in [0.15, 0.2) is 8.68 Å². The Hall–Kier alpha value is -0.860. The van der Waals surface area contributed by atoms with Gasteiger partial charge in [-0.1, -0.05) is 36.9 Å². The fourth-order valence-corrected chi connectivity index (χ4v) is 3.69. The molecule has 0 saturated heterocycles. The van der Waals surface area contributed by atoms with Gasteiger partial charge in [-0.2, -0.15) is 0 Å². The minimum atomic E-state index is 0.295. The zero-order valence-corrected chi connectivity index (χ0v) is 13.6. The van der Waals surface area contributed by atoms with Crippen molar-refractivity contribution in [3.63, 3.8) is 0 Å². The molecule has 19 heavy (non-hydrogen) atoms. The first kappa shape index (κ1) is 14.5. The largest absolute Gasteiger partial charge is 0.373 e. The predicted octanol–water partition coefficient (Wildman–Crippen LogP) is 3.37. The smallest absolute Gasteiger partial charge is 0.181 e. The van der Waals surface area contributed by atoms with Gasteiger partial charge < -0.3 is 5.32 Å². The molecule has 2 heterocycles. The summed E-state index contributed by atoms with van der Waals surface area (Å²) in [7, 11) is 1.86. The summed E-state index contributed by atoms with van der Waals surface area (Å²) >= 11 is 4.71. The lowest BCUT2D eigenvalue weighted by Crippen LogP contribution is -2.02. The summed E-state index contributed by atoms with van der Waals surface area (Å²) in [5.41, 5.74) is 0. The molecule has 0 amide bonds. The van der Waals surface area contributed by atoms with Gasteiger partial charge in [0.05, 0.1) is 0 Å². The molecule has 0 spiro atoms. The van der Waals surface area contributed by atoms with E-state index in [0.29, 0.717) is 5.92 Å². The Morgan fingerprint density at radius 3 is 2.53 bits per heavy atom. The Kier molecular flexibility index (Phi) is 5.00. The highest BCUT2D eigenvalue weighted by Crippen LogP contribution is 2.33. The van der Waals surface area contributed by atoms with E-state index in [1.807, 2.05) is 19.4 Å². The van der Waals surface area contributed by atoms with Crippen molar-refractivity contribution in [1.82, 2.24) is 20.2 Å². The van der Waals surface area contributed by atoms with Crippen molar-refractivity contribution in [2.24, 2.45) is 0 Å². The molecular formula is C11H15N5S3. The van der Waals surface area contributed by atoms with Crippen LogP contribution in [0.5, 0.6) is 0 Å². The van der Waals surface area contributed by atoms with Crippen molar-refractivity contribution in [1.29, 1.82) is 0 Å². The van der Waals surface area contributed by atoms with Crippen molar-refractivity contribution in [2.45, 2.75) is 33.5 Å². The van der Waals surface area contributed by atoms with Crippen LogP contribution in [0, 0.1) is 0 Å². The van der Waals surface area contributed by atoms with Crippen LogP contribution >= 0.6 is 34.9 Å². The van der Waals surface area contributed by atoms with Gasteiger partial charge in [0.1, 0.15) is 16.7 Å². The Balaban J connectivity index is 2.25. The van der Waals surface area contributed by atoms with Gasteiger partial charge in [0, 0.05) is 19.0 Å². The van der Waals surface area contributed by atoms with E-state index in [-0.39, 0.29) is 0 Å². The highest BCUT2D eigenvalue weighted by molar-refractivity contribution is 8.02. The fraction of sp³-hybridized carbons (Fsp3) is 0.455. The Labute approximate surface area is 125 Å². The molecule has 5 nitrogen and oxygen atoms in total. The van der Waals surface area contributed by atoms with Crippen molar-refractivity contribution in [3.8, 4) is 0 Å². The number of hydrogen-bond acceptors (Lipinski definition) is 8. The average Bonchev–Trinajstić information content (AvgIpc) is 2.85. The van der Waals surface area contributed by atoms with E-state index in [4.69, 9.17) is 0 Å². The second-order valence-corrected chi connectivity index (χ2v) is 7.29. The quantitative estimate of drug-likeness (QED) is 0.670. The van der Waals surface area contributed by atoms with Crippen molar-refractivity contribution < 1.29 is 0 Å². The van der Waals surface area contributed by atoms with Gasteiger partial charge in [-0.05, 0) is 18.0 Å². The normalized spacial score (nSPS) is 11.0. The Morgan fingerprint density at radius 2 is 1.95 bits per heavy atom. The summed E-state index contributed by atoms with van der Waals surface area (Å²) < 4.78 is 1.87.